The normalized spacial score (nSPS) is 15.5. The van der Waals surface area contributed by atoms with Crippen molar-refractivity contribution in [3.05, 3.63) is 28.3 Å². The second-order valence-electron chi connectivity index (χ2n) is 4.65. The van der Waals surface area contributed by atoms with Crippen LogP contribution in [0.4, 0.5) is 0 Å². The van der Waals surface area contributed by atoms with Crippen LogP contribution >= 0.6 is 11.6 Å². The molecule has 1 aromatic carbocycles. The van der Waals surface area contributed by atoms with Gasteiger partial charge in [-0.25, -0.2) is 0 Å². The summed E-state index contributed by atoms with van der Waals surface area (Å²) in [5.41, 5.74) is 2.23. The van der Waals surface area contributed by atoms with Crippen molar-refractivity contribution in [3.63, 3.8) is 0 Å². The number of hydrogen-bond acceptors (Lipinski definition) is 2. The van der Waals surface area contributed by atoms with Crippen molar-refractivity contribution < 1.29 is 9.84 Å². The van der Waals surface area contributed by atoms with Gasteiger partial charge in [0.1, 0.15) is 5.75 Å². The van der Waals surface area contributed by atoms with E-state index in [2.05, 4.69) is 6.92 Å². The fraction of sp³-hybridized carbons (Fsp3) is 0.571. The van der Waals surface area contributed by atoms with Gasteiger partial charge in [0.2, 0.25) is 0 Å². The maximum atomic E-state index is 9.96. The van der Waals surface area contributed by atoms with E-state index in [9.17, 15) is 5.11 Å². The number of aliphatic hydroxyl groups is 1. The summed E-state index contributed by atoms with van der Waals surface area (Å²) in [7, 11) is 0. The fourth-order valence-electron chi connectivity index (χ4n) is 2.29. The number of halogens is 1. The molecule has 17 heavy (non-hydrogen) atoms. The summed E-state index contributed by atoms with van der Waals surface area (Å²) < 4.78 is 5.62. The monoisotopic (exact) mass is 254 g/mol. The van der Waals surface area contributed by atoms with Crippen molar-refractivity contribution in [2.75, 3.05) is 6.61 Å². The Kier molecular flexibility index (Phi) is 4.30. The van der Waals surface area contributed by atoms with Gasteiger partial charge >= 0.3 is 0 Å². The lowest BCUT2D eigenvalue weighted by atomic mass is 10.0. The van der Waals surface area contributed by atoms with Gasteiger partial charge in [0.25, 0.3) is 0 Å². The van der Waals surface area contributed by atoms with Crippen LogP contribution in [0.25, 0.3) is 0 Å². The average molecular weight is 255 g/mol. The Bertz CT molecular complexity index is 390. The molecule has 1 heterocycles. The number of benzene rings is 1. The molecule has 0 aliphatic carbocycles. The Morgan fingerprint density at radius 3 is 3.06 bits per heavy atom. The molecule has 1 aliphatic rings. The molecule has 0 amide bonds. The van der Waals surface area contributed by atoms with E-state index in [0.717, 1.165) is 48.6 Å². The molecule has 0 spiro atoms. The third-order valence-corrected chi connectivity index (χ3v) is 3.39. The maximum Gasteiger partial charge on any atom is 0.126 e. The lowest BCUT2D eigenvalue weighted by Crippen LogP contribution is -2.11. The highest BCUT2D eigenvalue weighted by Gasteiger charge is 2.19. The minimum absolute atomic E-state index is 0.290. The quantitative estimate of drug-likeness (QED) is 0.873. The fourth-order valence-corrected chi connectivity index (χ4v) is 2.56. The Morgan fingerprint density at radius 1 is 1.47 bits per heavy atom. The van der Waals surface area contributed by atoms with E-state index in [0.29, 0.717) is 6.42 Å². The zero-order valence-electron chi connectivity index (χ0n) is 10.2. The van der Waals surface area contributed by atoms with Gasteiger partial charge in [0, 0.05) is 17.9 Å². The first kappa shape index (κ1) is 12.7. The van der Waals surface area contributed by atoms with E-state index in [1.807, 2.05) is 12.1 Å². The maximum absolute atomic E-state index is 9.96. The summed E-state index contributed by atoms with van der Waals surface area (Å²) in [6, 6.07) is 3.88. The molecule has 0 fully saturated rings. The summed E-state index contributed by atoms with van der Waals surface area (Å²) in [6.45, 7) is 2.86. The number of aliphatic hydroxyl groups excluding tert-OH is 1. The van der Waals surface area contributed by atoms with Gasteiger partial charge in [0.05, 0.1) is 12.7 Å². The highest BCUT2D eigenvalue weighted by atomic mass is 35.5. The molecule has 2 rings (SSSR count). The number of unbranched alkanes of at least 4 members (excludes halogenated alkanes) is 1. The van der Waals surface area contributed by atoms with Gasteiger partial charge in [-0.1, -0.05) is 31.4 Å². The molecular formula is C14H19ClO2. The predicted molar refractivity (Wildman–Crippen MR) is 69.9 cm³/mol. The molecule has 0 saturated heterocycles. The number of hydrogen-bond donors (Lipinski definition) is 1. The summed E-state index contributed by atoms with van der Waals surface area (Å²) in [5.74, 6) is 0.949. The van der Waals surface area contributed by atoms with Crippen molar-refractivity contribution in [2.24, 2.45) is 0 Å². The Hall–Kier alpha value is -0.730. The lowest BCUT2D eigenvalue weighted by molar-refractivity contribution is 0.160. The van der Waals surface area contributed by atoms with Gasteiger partial charge < -0.3 is 9.84 Å². The van der Waals surface area contributed by atoms with Crippen molar-refractivity contribution in [1.82, 2.24) is 0 Å². The molecule has 3 heteroatoms. The first-order chi connectivity index (χ1) is 8.20. The van der Waals surface area contributed by atoms with Gasteiger partial charge in [-0.05, 0) is 29.7 Å². The highest BCUT2D eigenvalue weighted by Crippen LogP contribution is 2.33. The van der Waals surface area contributed by atoms with Gasteiger partial charge in [0.15, 0.2) is 0 Å². The predicted octanol–water partition coefficient (Wildman–Crippen LogP) is 3.37. The summed E-state index contributed by atoms with van der Waals surface area (Å²) >= 11 is 6.08. The third kappa shape index (κ3) is 3.14. The van der Waals surface area contributed by atoms with E-state index in [-0.39, 0.29) is 6.10 Å². The van der Waals surface area contributed by atoms with Crippen molar-refractivity contribution in [2.45, 2.75) is 45.1 Å². The van der Waals surface area contributed by atoms with Crippen LogP contribution in [0.1, 0.15) is 37.3 Å². The molecule has 0 bridgehead atoms. The molecule has 2 nitrogen and oxygen atoms in total. The lowest BCUT2D eigenvalue weighted by Gasteiger charge is -2.13. The van der Waals surface area contributed by atoms with E-state index < -0.39 is 0 Å². The van der Waals surface area contributed by atoms with Crippen LogP contribution in [-0.2, 0) is 12.8 Å². The molecule has 0 aromatic heterocycles. The third-order valence-electron chi connectivity index (χ3n) is 3.17. The summed E-state index contributed by atoms with van der Waals surface area (Å²) in [4.78, 5) is 0. The van der Waals surface area contributed by atoms with Crippen LogP contribution in [0.5, 0.6) is 5.75 Å². The largest absolute Gasteiger partial charge is 0.493 e. The molecule has 1 aliphatic heterocycles. The Balaban J connectivity index is 2.10. The molecule has 0 saturated carbocycles. The second-order valence-corrected chi connectivity index (χ2v) is 5.09. The van der Waals surface area contributed by atoms with Gasteiger partial charge in [-0.2, -0.15) is 0 Å². The highest BCUT2D eigenvalue weighted by molar-refractivity contribution is 6.30. The van der Waals surface area contributed by atoms with Crippen molar-refractivity contribution >= 4 is 11.6 Å². The molecular weight excluding hydrogens is 236 g/mol. The standard InChI is InChI=1S/C14H19ClO2/c1-2-3-4-13(16)9-11-8-12(15)7-10-5-6-17-14(10)11/h7-8,13,16H,2-6,9H2,1H3. The van der Waals surface area contributed by atoms with E-state index >= 15 is 0 Å². The minimum atomic E-state index is -0.290. The first-order valence-corrected chi connectivity index (χ1v) is 6.70. The van der Waals surface area contributed by atoms with Crippen LogP contribution in [0.3, 0.4) is 0 Å². The summed E-state index contributed by atoms with van der Waals surface area (Å²) in [5, 5.41) is 10.7. The molecule has 94 valence electrons. The SMILES string of the molecule is CCCCC(O)Cc1cc(Cl)cc2c1OCC2. The zero-order chi connectivity index (χ0) is 12.3. The van der Waals surface area contributed by atoms with Crippen molar-refractivity contribution in [3.8, 4) is 5.75 Å². The molecule has 1 unspecified atom stereocenters. The Morgan fingerprint density at radius 2 is 2.29 bits per heavy atom. The van der Waals surface area contributed by atoms with Crippen LogP contribution in [0, 0.1) is 0 Å². The smallest absolute Gasteiger partial charge is 0.126 e. The topological polar surface area (TPSA) is 29.5 Å². The van der Waals surface area contributed by atoms with Gasteiger partial charge in [-0.3, -0.25) is 0 Å². The molecule has 0 radical (unpaired) electrons. The molecule has 1 atom stereocenters. The van der Waals surface area contributed by atoms with E-state index in [1.165, 1.54) is 5.56 Å². The van der Waals surface area contributed by atoms with Crippen LogP contribution in [0.15, 0.2) is 12.1 Å². The van der Waals surface area contributed by atoms with Crippen LogP contribution in [-0.4, -0.2) is 17.8 Å². The van der Waals surface area contributed by atoms with E-state index in [1.54, 1.807) is 0 Å². The zero-order valence-corrected chi connectivity index (χ0v) is 11.0. The Labute approximate surface area is 108 Å². The number of rotatable bonds is 5. The van der Waals surface area contributed by atoms with E-state index in [4.69, 9.17) is 16.3 Å². The molecule has 1 aromatic rings. The minimum Gasteiger partial charge on any atom is -0.493 e. The van der Waals surface area contributed by atoms with Crippen molar-refractivity contribution in [1.29, 1.82) is 0 Å². The van der Waals surface area contributed by atoms with Crippen LogP contribution in [0.2, 0.25) is 5.02 Å². The van der Waals surface area contributed by atoms with Crippen LogP contribution < -0.4 is 4.74 Å². The second kappa shape index (κ2) is 5.74. The summed E-state index contributed by atoms with van der Waals surface area (Å²) in [6.07, 6.45) is 4.29. The average Bonchev–Trinajstić information content (AvgIpc) is 2.74. The molecule has 1 N–H and O–H groups in total. The van der Waals surface area contributed by atoms with Gasteiger partial charge in [-0.15, -0.1) is 0 Å². The number of fused-ring (bicyclic) bond motifs is 1. The first-order valence-electron chi connectivity index (χ1n) is 6.33. The number of ether oxygens (including phenoxy) is 1.